The predicted octanol–water partition coefficient (Wildman–Crippen LogP) is 2.84. The van der Waals surface area contributed by atoms with E-state index in [1.54, 1.807) is 36.1 Å². The van der Waals surface area contributed by atoms with Gasteiger partial charge < -0.3 is 14.4 Å². The first-order valence-corrected chi connectivity index (χ1v) is 9.78. The van der Waals surface area contributed by atoms with Crippen molar-refractivity contribution in [1.82, 2.24) is 13.6 Å². The molecular formula is C19H23N3O4S. The summed E-state index contributed by atoms with van der Waals surface area (Å²) in [5.74, 6) is 0.397. The summed E-state index contributed by atoms with van der Waals surface area (Å²) in [5, 5.41) is 0. The number of piperidine rings is 1. The first kappa shape index (κ1) is 19.3. The number of hydrogen-bond acceptors (Lipinski definition) is 7. The minimum Gasteiger partial charge on any atom is -0.487 e. The zero-order valence-corrected chi connectivity index (χ0v) is 16.3. The third-order valence-electron chi connectivity index (χ3n) is 4.63. The molecule has 1 aliphatic rings. The van der Waals surface area contributed by atoms with E-state index < -0.39 is 0 Å². The van der Waals surface area contributed by atoms with Crippen LogP contribution in [0, 0.1) is 12.8 Å². The molecule has 8 heteroatoms. The fraction of sp³-hybridized carbons (Fsp3) is 0.474. The minimum absolute atomic E-state index is 0.0246. The van der Waals surface area contributed by atoms with Gasteiger partial charge in [-0.1, -0.05) is 0 Å². The van der Waals surface area contributed by atoms with Gasteiger partial charge in [0.15, 0.2) is 0 Å². The summed E-state index contributed by atoms with van der Waals surface area (Å²) >= 11 is 1.17. The Labute approximate surface area is 162 Å². The Hall–Kier alpha value is -2.48. The highest BCUT2D eigenvalue weighted by atomic mass is 32.1. The number of nitrogens with zero attached hydrogens (tertiary/aromatic N) is 3. The quantitative estimate of drug-likeness (QED) is 0.707. The molecule has 0 N–H and O–H groups in total. The summed E-state index contributed by atoms with van der Waals surface area (Å²) in [5.41, 5.74) is 2.31. The second-order valence-electron chi connectivity index (χ2n) is 6.43. The van der Waals surface area contributed by atoms with Gasteiger partial charge in [0.05, 0.1) is 29.9 Å². The number of amides is 1. The molecule has 0 saturated carbocycles. The molecule has 2 heterocycles. The van der Waals surface area contributed by atoms with Crippen LogP contribution >= 0.6 is 11.7 Å². The summed E-state index contributed by atoms with van der Waals surface area (Å²) < 4.78 is 19.1. The maximum absolute atomic E-state index is 12.7. The highest BCUT2D eigenvalue weighted by molar-refractivity contribution is 6.99. The SMILES string of the molecule is CCOC(=O)C1CCN(C(=O)c2ccc(OCc3nsnc3C)cc2)CC1. The second-order valence-corrected chi connectivity index (χ2v) is 6.96. The average molecular weight is 389 g/mol. The van der Waals surface area contributed by atoms with Crippen molar-refractivity contribution in [2.75, 3.05) is 19.7 Å². The molecule has 0 aliphatic carbocycles. The summed E-state index contributed by atoms with van der Waals surface area (Å²) in [6.07, 6.45) is 1.29. The first-order valence-electron chi connectivity index (χ1n) is 9.05. The lowest BCUT2D eigenvalue weighted by Crippen LogP contribution is -2.40. The molecule has 1 saturated heterocycles. The normalized spacial score (nSPS) is 14.8. The van der Waals surface area contributed by atoms with Gasteiger partial charge in [-0.3, -0.25) is 9.59 Å². The number of hydrogen-bond donors (Lipinski definition) is 0. The predicted molar refractivity (Wildman–Crippen MR) is 101 cm³/mol. The smallest absolute Gasteiger partial charge is 0.309 e. The summed E-state index contributed by atoms with van der Waals surface area (Å²) in [4.78, 5) is 26.2. The molecule has 144 valence electrons. The number of aryl methyl sites for hydroxylation is 1. The van der Waals surface area contributed by atoms with Gasteiger partial charge in [-0.25, -0.2) is 0 Å². The van der Waals surface area contributed by atoms with Crippen molar-refractivity contribution < 1.29 is 19.1 Å². The molecular weight excluding hydrogens is 366 g/mol. The van der Waals surface area contributed by atoms with Crippen molar-refractivity contribution in [1.29, 1.82) is 0 Å². The Morgan fingerprint density at radius 2 is 1.89 bits per heavy atom. The van der Waals surface area contributed by atoms with Crippen molar-refractivity contribution in [3.05, 3.63) is 41.2 Å². The van der Waals surface area contributed by atoms with Crippen LogP contribution in [0.25, 0.3) is 0 Å². The fourth-order valence-corrected chi connectivity index (χ4v) is 3.54. The number of aromatic nitrogens is 2. The van der Waals surface area contributed by atoms with Crippen LogP contribution < -0.4 is 4.74 Å². The van der Waals surface area contributed by atoms with Crippen molar-refractivity contribution >= 4 is 23.6 Å². The van der Waals surface area contributed by atoms with Crippen LogP contribution in [0.2, 0.25) is 0 Å². The molecule has 27 heavy (non-hydrogen) atoms. The lowest BCUT2D eigenvalue weighted by Gasteiger charge is -2.31. The number of ether oxygens (including phenoxy) is 2. The van der Waals surface area contributed by atoms with Gasteiger partial charge >= 0.3 is 5.97 Å². The molecule has 1 fully saturated rings. The molecule has 7 nitrogen and oxygen atoms in total. The number of carbonyl (C=O) groups excluding carboxylic acids is 2. The number of rotatable bonds is 6. The van der Waals surface area contributed by atoms with Crippen LogP contribution in [0.1, 0.15) is 41.5 Å². The molecule has 0 radical (unpaired) electrons. The van der Waals surface area contributed by atoms with Crippen molar-refractivity contribution in [3.63, 3.8) is 0 Å². The topological polar surface area (TPSA) is 81.6 Å². The van der Waals surface area contributed by atoms with Gasteiger partial charge in [-0.2, -0.15) is 8.75 Å². The van der Waals surface area contributed by atoms with Crippen molar-refractivity contribution in [3.8, 4) is 5.75 Å². The highest BCUT2D eigenvalue weighted by Crippen LogP contribution is 2.21. The standard InChI is InChI=1S/C19H23N3O4S/c1-3-25-19(24)15-8-10-22(11-9-15)18(23)14-4-6-16(7-5-14)26-12-17-13(2)20-27-21-17/h4-7,15H,3,8-12H2,1-2H3. The molecule has 1 amide bonds. The molecule has 1 aromatic carbocycles. The molecule has 0 bridgehead atoms. The van der Waals surface area contributed by atoms with Crippen LogP contribution in [0.15, 0.2) is 24.3 Å². The summed E-state index contributed by atoms with van der Waals surface area (Å²) in [7, 11) is 0. The van der Waals surface area contributed by atoms with Gasteiger partial charge in [0, 0.05) is 18.7 Å². The molecule has 3 rings (SSSR count). The van der Waals surface area contributed by atoms with Crippen LogP contribution in [0.5, 0.6) is 5.75 Å². The molecule has 0 atom stereocenters. The zero-order valence-electron chi connectivity index (χ0n) is 15.5. The minimum atomic E-state index is -0.156. The lowest BCUT2D eigenvalue weighted by atomic mass is 9.96. The Morgan fingerprint density at radius 3 is 2.48 bits per heavy atom. The molecule has 1 aliphatic heterocycles. The molecule has 1 aromatic heterocycles. The maximum atomic E-state index is 12.7. The number of likely N-dealkylation sites (tertiary alicyclic amines) is 1. The van der Waals surface area contributed by atoms with E-state index in [0.717, 1.165) is 11.4 Å². The van der Waals surface area contributed by atoms with Crippen molar-refractivity contribution in [2.24, 2.45) is 5.92 Å². The van der Waals surface area contributed by atoms with E-state index in [2.05, 4.69) is 8.75 Å². The molecule has 0 spiro atoms. The lowest BCUT2D eigenvalue weighted by molar-refractivity contribution is -0.149. The largest absolute Gasteiger partial charge is 0.487 e. The van der Waals surface area contributed by atoms with E-state index in [4.69, 9.17) is 9.47 Å². The van der Waals surface area contributed by atoms with Crippen LogP contribution in [-0.2, 0) is 16.1 Å². The van der Waals surface area contributed by atoms with Gasteiger partial charge in [-0.15, -0.1) is 0 Å². The zero-order chi connectivity index (χ0) is 19.2. The van der Waals surface area contributed by atoms with Crippen LogP contribution in [0.4, 0.5) is 0 Å². The second kappa shape index (κ2) is 8.94. The first-order chi connectivity index (χ1) is 13.1. The maximum Gasteiger partial charge on any atom is 0.309 e. The van der Waals surface area contributed by atoms with E-state index in [0.29, 0.717) is 50.5 Å². The van der Waals surface area contributed by atoms with Crippen LogP contribution in [-0.4, -0.2) is 45.2 Å². The van der Waals surface area contributed by atoms with Crippen molar-refractivity contribution in [2.45, 2.75) is 33.3 Å². The van der Waals surface area contributed by atoms with Crippen LogP contribution in [0.3, 0.4) is 0 Å². The number of esters is 1. The third kappa shape index (κ3) is 4.82. The fourth-order valence-electron chi connectivity index (χ4n) is 2.99. The van der Waals surface area contributed by atoms with Gasteiger partial charge in [-0.05, 0) is 51.0 Å². The summed E-state index contributed by atoms with van der Waals surface area (Å²) in [6.45, 7) is 5.59. The Bertz CT molecular complexity index is 783. The van der Waals surface area contributed by atoms with E-state index in [1.807, 2.05) is 6.92 Å². The highest BCUT2D eigenvalue weighted by Gasteiger charge is 2.28. The van der Waals surface area contributed by atoms with E-state index in [-0.39, 0.29) is 17.8 Å². The monoisotopic (exact) mass is 389 g/mol. The van der Waals surface area contributed by atoms with Gasteiger partial charge in [0.1, 0.15) is 18.1 Å². The van der Waals surface area contributed by atoms with E-state index in [9.17, 15) is 9.59 Å². The van der Waals surface area contributed by atoms with Gasteiger partial charge in [0.2, 0.25) is 0 Å². The molecule has 2 aromatic rings. The Balaban J connectivity index is 1.52. The average Bonchev–Trinajstić information content (AvgIpc) is 3.11. The van der Waals surface area contributed by atoms with E-state index in [1.165, 1.54) is 11.7 Å². The van der Waals surface area contributed by atoms with E-state index >= 15 is 0 Å². The number of benzene rings is 1. The Morgan fingerprint density at radius 1 is 1.19 bits per heavy atom. The number of carbonyl (C=O) groups is 2. The third-order valence-corrected chi connectivity index (χ3v) is 5.28. The summed E-state index contributed by atoms with van der Waals surface area (Å²) in [6, 6.07) is 7.10. The molecule has 0 unspecified atom stereocenters. The van der Waals surface area contributed by atoms with Gasteiger partial charge in [0.25, 0.3) is 5.91 Å². The Kier molecular flexibility index (Phi) is 6.39.